The molecule has 108 valence electrons. The van der Waals surface area contributed by atoms with Crippen LogP contribution in [0, 0.1) is 6.92 Å². The highest BCUT2D eigenvalue weighted by Crippen LogP contribution is 2.33. The van der Waals surface area contributed by atoms with E-state index in [4.69, 9.17) is 0 Å². The summed E-state index contributed by atoms with van der Waals surface area (Å²) in [5.74, 6) is 0. The number of nitrogens with one attached hydrogen (secondary N) is 1. The monoisotopic (exact) mass is 306 g/mol. The van der Waals surface area contributed by atoms with Crippen molar-refractivity contribution in [2.75, 3.05) is 7.05 Å². The molecule has 1 aromatic carbocycles. The molecule has 20 heavy (non-hydrogen) atoms. The maximum Gasteiger partial charge on any atom is 0.150 e. The second-order valence-electron chi connectivity index (χ2n) is 4.94. The standard InChI is InChI=1S/C16H22N2S2/c1-5-13-6-8-14(9-7-13)15(17-4)12(3)20-16-18-11(2)10-19-16/h6-10,12,15,17H,5H2,1-4H3. The summed E-state index contributed by atoms with van der Waals surface area (Å²) in [6.07, 6.45) is 1.09. The van der Waals surface area contributed by atoms with Crippen LogP contribution in [0.15, 0.2) is 34.0 Å². The number of nitrogens with zero attached hydrogens (tertiary/aromatic N) is 1. The fraction of sp³-hybridized carbons (Fsp3) is 0.438. The first-order valence-corrected chi connectivity index (χ1v) is 8.74. The van der Waals surface area contributed by atoms with Crippen molar-refractivity contribution in [2.24, 2.45) is 0 Å². The molecule has 0 aliphatic rings. The molecule has 1 aromatic heterocycles. The molecule has 2 atom stereocenters. The number of hydrogen-bond donors (Lipinski definition) is 1. The average molecular weight is 306 g/mol. The van der Waals surface area contributed by atoms with Gasteiger partial charge < -0.3 is 5.32 Å². The molecule has 2 rings (SSSR count). The minimum absolute atomic E-state index is 0.343. The van der Waals surface area contributed by atoms with E-state index >= 15 is 0 Å². The number of aryl methyl sites for hydroxylation is 2. The predicted molar refractivity (Wildman–Crippen MR) is 89.8 cm³/mol. The van der Waals surface area contributed by atoms with E-state index < -0.39 is 0 Å². The summed E-state index contributed by atoms with van der Waals surface area (Å²) in [5.41, 5.74) is 3.84. The van der Waals surface area contributed by atoms with Crippen molar-refractivity contribution in [3.8, 4) is 0 Å². The Bertz CT molecular complexity index is 534. The smallest absolute Gasteiger partial charge is 0.150 e. The highest BCUT2D eigenvalue weighted by atomic mass is 32.2. The molecule has 0 amide bonds. The minimum Gasteiger partial charge on any atom is -0.312 e. The molecule has 4 heteroatoms. The molecule has 2 aromatic rings. The van der Waals surface area contributed by atoms with Crippen LogP contribution >= 0.6 is 23.1 Å². The molecular formula is C16H22N2S2. The van der Waals surface area contributed by atoms with E-state index in [0.717, 1.165) is 16.5 Å². The molecule has 0 aliphatic carbocycles. The summed E-state index contributed by atoms with van der Waals surface area (Å²) in [7, 11) is 2.03. The Morgan fingerprint density at radius 1 is 1.30 bits per heavy atom. The fourth-order valence-corrected chi connectivity index (χ4v) is 4.53. The molecule has 2 nitrogen and oxygen atoms in total. The lowest BCUT2D eigenvalue weighted by molar-refractivity contribution is 0.589. The minimum atomic E-state index is 0.343. The largest absolute Gasteiger partial charge is 0.312 e. The summed E-state index contributed by atoms with van der Waals surface area (Å²) < 4.78 is 1.15. The van der Waals surface area contributed by atoms with Crippen molar-refractivity contribution < 1.29 is 0 Å². The molecule has 0 spiro atoms. The van der Waals surface area contributed by atoms with E-state index in [9.17, 15) is 0 Å². The Balaban J connectivity index is 2.09. The third kappa shape index (κ3) is 3.84. The lowest BCUT2D eigenvalue weighted by atomic mass is 10.0. The zero-order chi connectivity index (χ0) is 14.5. The molecule has 0 saturated heterocycles. The predicted octanol–water partition coefficient (Wildman–Crippen LogP) is 4.46. The van der Waals surface area contributed by atoms with E-state index in [2.05, 4.69) is 53.8 Å². The van der Waals surface area contributed by atoms with Crippen LogP contribution in [0.2, 0.25) is 0 Å². The summed E-state index contributed by atoms with van der Waals surface area (Å²) in [5, 5.41) is 5.99. The van der Waals surface area contributed by atoms with Gasteiger partial charge in [-0.25, -0.2) is 4.98 Å². The van der Waals surface area contributed by atoms with Crippen LogP contribution in [0.3, 0.4) is 0 Å². The first-order valence-electron chi connectivity index (χ1n) is 6.99. The van der Waals surface area contributed by atoms with Gasteiger partial charge in [-0.05, 0) is 31.5 Å². The molecule has 2 unspecified atom stereocenters. The van der Waals surface area contributed by atoms with Gasteiger partial charge in [0.1, 0.15) is 4.34 Å². The molecule has 1 heterocycles. The van der Waals surface area contributed by atoms with Gasteiger partial charge in [-0.15, -0.1) is 11.3 Å². The Morgan fingerprint density at radius 2 is 2.00 bits per heavy atom. The van der Waals surface area contributed by atoms with Crippen LogP contribution in [0.4, 0.5) is 0 Å². The number of aromatic nitrogens is 1. The van der Waals surface area contributed by atoms with Crippen molar-refractivity contribution in [1.82, 2.24) is 10.3 Å². The van der Waals surface area contributed by atoms with Gasteiger partial charge in [0, 0.05) is 22.4 Å². The number of thioether (sulfide) groups is 1. The van der Waals surface area contributed by atoms with E-state index in [1.54, 1.807) is 11.3 Å². The topological polar surface area (TPSA) is 24.9 Å². The SMILES string of the molecule is CCc1ccc(C(NC)C(C)Sc2nc(C)cs2)cc1. The zero-order valence-electron chi connectivity index (χ0n) is 12.5. The Labute approximate surface area is 130 Å². The average Bonchev–Trinajstić information content (AvgIpc) is 2.85. The highest BCUT2D eigenvalue weighted by molar-refractivity contribution is 8.01. The number of thiazole rings is 1. The van der Waals surface area contributed by atoms with Gasteiger partial charge in [0.2, 0.25) is 0 Å². The first kappa shape index (κ1) is 15.5. The summed E-state index contributed by atoms with van der Waals surface area (Å²) in [6.45, 7) is 6.49. The second kappa shape index (κ2) is 7.25. The fourth-order valence-electron chi connectivity index (χ4n) is 2.25. The van der Waals surface area contributed by atoms with Gasteiger partial charge in [0.15, 0.2) is 0 Å². The van der Waals surface area contributed by atoms with Crippen LogP contribution in [0.1, 0.15) is 36.7 Å². The Morgan fingerprint density at radius 3 is 2.50 bits per heavy atom. The van der Waals surface area contributed by atoms with Gasteiger partial charge in [-0.3, -0.25) is 0 Å². The van der Waals surface area contributed by atoms with Gasteiger partial charge in [-0.2, -0.15) is 0 Å². The Kier molecular flexibility index (Phi) is 5.64. The maximum atomic E-state index is 4.54. The molecule has 0 fully saturated rings. The van der Waals surface area contributed by atoms with Crippen molar-refractivity contribution in [3.05, 3.63) is 46.5 Å². The normalized spacial score (nSPS) is 14.2. The number of benzene rings is 1. The first-order chi connectivity index (χ1) is 9.63. The van der Waals surface area contributed by atoms with E-state index in [1.165, 1.54) is 11.1 Å². The highest BCUT2D eigenvalue weighted by Gasteiger charge is 2.19. The van der Waals surface area contributed by atoms with Gasteiger partial charge in [0.25, 0.3) is 0 Å². The summed E-state index contributed by atoms with van der Waals surface area (Å²) in [6, 6.07) is 9.28. The van der Waals surface area contributed by atoms with Crippen molar-refractivity contribution in [3.63, 3.8) is 0 Å². The Hall–Kier alpha value is -0.840. The van der Waals surface area contributed by atoms with E-state index in [-0.39, 0.29) is 0 Å². The zero-order valence-corrected chi connectivity index (χ0v) is 14.1. The van der Waals surface area contributed by atoms with E-state index in [1.807, 2.05) is 25.7 Å². The third-order valence-electron chi connectivity index (χ3n) is 3.41. The van der Waals surface area contributed by atoms with Crippen LogP contribution in [-0.2, 0) is 6.42 Å². The number of hydrogen-bond acceptors (Lipinski definition) is 4. The molecule has 1 N–H and O–H groups in total. The lowest BCUT2D eigenvalue weighted by Gasteiger charge is -2.23. The van der Waals surface area contributed by atoms with Crippen LogP contribution in [0.25, 0.3) is 0 Å². The van der Waals surface area contributed by atoms with Gasteiger partial charge >= 0.3 is 0 Å². The molecule has 0 radical (unpaired) electrons. The lowest BCUT2D eigenvalue weighted by Crippen LogP contribution is -2.25. The van der Waals surface area contributed by atoms with Gasteiger partial charge in [0.05, 0.1) is 0 Å². The molecular weight excluding hydrogens is 284 g/mol. The van der Waals surface area contributed by atoms with Crippen LogP contribution in [0.5, 0.6) is 0 Å². The van der Waals surface area contributed by atoms with Crippen molar-refractivity contribution >= 4 is 23.1 Å². The molecule has 0 saturated carbocycles. The quantitative estimate of drug-likeness (QED) is 0.798. The molecule has 0 aliphatic heterocycles. The van der Waals surface area contributed by atoms with E-state index in [0.29, 0.717) is 11.3 Å². The maximum absolute atomic E-state index is 4.54. The molecule has 0 bridgehead atoms. The van der Waals surface area contributed by atoms with Crippen LogP contribution in [-0.4, -0.2) is 17.3 Å². The second-order valence-corrected chi connectivity index (χ2v) is 7.42. The summed E-state index contributed by atoms with van der Waals surface area (Å²) >= 11 is 3.58. The third-order valence-corrected chi connectivity index (χ3v) is 5.68. The van der Waals surface area contributed by atoms with Crippen LogP contribution < -0.4 is 5.32 Å². The van der Waals surface area contributed by atoms with Crippen molar-refractivity contribution in [2.45, 2.75) is 42.8 Å². The summed E-state index contributed by atoms with van der Waals surface area (Å²) in [4.78, 5) is 4.54. The number of rotatable bonds is 6. The van der Waals surface area contributed by atoms with Crippen molar-refractivity contribution in [1.29, 1.82) is 0 Å². The van der Waals surface area contributed by atoms with Gasteiger partial charge in [-0.1, -0.05) is 49.9 Å².